The minimum Gasteiger partial charge on any atom is -0.486 e. The van der Waals surface area contributed by atoms with E-state index in [1.807, 2.05) is 0 Å². The predicted molar refractivity (Wildman–Crippen MR) is 121 cm³/mol. The largest absolute Gasteiger partial charge is 0.486 e. The van der Waals surface area contributed by atoms with Gasteiger partial charge >= 0.3 is 0 Å². The van der Waals surface area contributed by atoms with Crippen molar-refractivity contribution >= 4 is 21.6 Å². The molecule has 1 atom stereocenters. The molecule has 2 N–H and O–H groups in total. The topological polar surface area (TPSA) is 103 Å². The van der Waals surface area contributed by atoms with Crippen LogP contribution in [0, 0.1) is 0 Å². The first-order valence-electron chi connectivity index (χ1n) is 9.99. The fraction of sp³-hybridized carbons (Fsp3) is 0.304. The second-order valence-corrected chi connectivity index (χ2v) is 9.95. The SMILES string of the molecule is C/C(F)=C\C=C1/C[C@@H](C)Oc2cc(cnc2N)-c2cc(S(C)(=O)=O)ccc2CN(C)C1=O. The molecule has 2 heterocycles. The zero-order valence-corrected chi connectivity index (χ0v) is 19.2. The van der Waals surface area contributed by atoms with Crippen LogP contribution in [0.5, 0.6) is 5.75 Å². The summed E-state index contributed by atoms with van der Waals surface area (Å²) in [5, 5.41) is 0. The van der Waals surface area contributed by atoms with Crippen LogP contribution in [0.1, 0.15) is 25.8 Å². The number of hydrogen-bond donors (Lipinski definition) is 1. The van der Waals surface area contributed by atoms with Crippen LogP contribution in [-0.2, 0) is 21.2 Å². The second kappa shape index (κ2) is 9.12. The monoisotopic (exact) mass is 459 g/mol. The van der Waals surface area contributed by atoms with Gasteiger partial charge in [0, 0.05) is 43.6 Å². The van der Waals surface area contributed by atoms with E-state index < -0.39 is 21.8 Å². The van der Waals surface area contributed by atoms with Crippen LogP contribution in [0.25, 0.3) is 11.1 Å². The van der Waals surface area contributed by atoms with Gasteiger partial charge in [-0.2, -0.15) is 0 Å². The molecule has 32 heavy (non-hydrogen) atoms. The van der Waals surface area contributed by atoms with Crippen LogP contribution in [0.4, 0.5) is 10.2 Å². The van der Waals surface area contributed by atoms with E-state index in [2.05, 4.69) is 4.98 Å². The lowest BCUT2D eigenvalue weighted by atomic mass is 9.99. The molecule has 3 rings (SSSR count). The molecule has 0 aliphatic carbocycles. The molecule has 9 heteroatoms. The zero-order chi connectivity index (χ0) is 23.6. The second-order valence-electron chi connectivity index (χ2n) is 7.94. The van der Waals surface area contributed by atoms with E-state index in [1.54, 1.807) is 38.4 Å². The molecule has 0 spiro atoms. The minimum absolute atomic E-state index is 0.147. The first-order chi connectivity index (χ1) is 15.0. The number of nitrogen functional groups attached to an aromatic ring is 1. The van der Waals surface area contributed by atoms with Crippen LogP contribution in [0.15, 0.2) is 58.9 Å². The third-order valence-electron chi connectivity index (χ3n) is 5.08. The number of benzene rings is 1. The molecule has 7 nitrogen and oxygen atoms in total. The van der Waals surface area contributed by atoms with Crippen molar-refractivity contribution in [1.29, 1.82) is 0 Å². The molecule has 1 aliphatic heterocycles. The van der Waals surface area contributed by atoms with Gasteiger partial charge in [0.25, 0.3) is 0 Å². The molecule has 0 saturated heterocycles. The highest BCUT2D eigenvalue weighted by Crippen LogP contribution is 2.33. The molecule has 1 aromatic heterocycles. The number of likely N-dealkylation sites (N-methyl/N-ethyl adjacent to an activating group) is 1. The van der Waals surface area contributed by atoms with Crippen molar-refractivity contribution in [2.75, 3.05) is 19.0 Å². The predicted octanol–water partition coefficient (Wildman–Crippen LogP) is 3.66. The normalized spacial score (nSPS) is 19.1. The third-order valence-corrected chi connectivity index (χ3v) is 6.19. The molecule has 0 unspecified atom stereocenters. The van der Waals surface area contributed by atoms with Crippen LogP contribution in [0.3, 0.4) is 0 Å². The van der Waals surface area contributed by atoms with Gasteiger partial charge < -0.3 is 15.4 Å². The number of carbonyl (C=O) groups excluding carboxylic acids is 1. The summed E-state index contributed by atoms with van der Waals surface area (Å²) < 4.78 is 43.6. The van der Waals surface area contributed by atoms with Gasteiger partial charge in [-0.05, 0) is 49.2 Å². The van der Waals surface area contributed by atoms with Crippen LogP contribution < -0.4 is 10.5 Å². The van der Waals surface area contributed by atoms with Gasteiger partial charge in [-0.15, -0.1) is 0 Å². The molecule has 170 valence electrons. The number of hydrogen-bond acceptors (Lipinski definition) is 6. The number of nitrogens with zero attached hydrogens (tertiary/aromatic N) is 2. The van der Waals surface area contributed by atoms with Crippen LogP contribution >= 0.6 is 0 Å². The average Bonchev–Trinajstić information content (AvgIpc) is 2.71. The van der Waals surface area contributed by atoms with Crippen LogP contribution in [0.2, 0.25) is 0 Å². The van der Waals surface area contributed by atoms with E-state index in [4.69, 9.17) is 10.5 Å². The number of anilines is 1. The maximum absolute atomic E-state index is 13.3. The molecular weight excluding hydrogens is 433 g/mol. The van der Waals surface area contributed by atoms with Gasteiger partial charge in [-0.3, -0.25) is 4.79 Å². The Morgan fingerprint density at radius 2 is 2.06 bits per heavy atom. The molecule has 1 aliphatic rings. The highest BCUT2D eigenvalue weighted by atomic mass is 32.2. The standard InChI is InChI=1S/C23H26FN3O4S/c1-14(24)5-6-16-9-15(2)31-21-10-18(12-26-22(21)25)20-11-19(32(4,29)30)8-7-17(20)13-27(3)23(16)28/h5-8,10-12,15H,9,13H2,1-4H3,(H2,25,26)/b14-5+,16-6+/t15-/m1/s1. The lowest BCUT2D eigenvalue weighted by Gasteiger charge is -2.24. The van der Waals surface area contributed by atoms with Gasteiger partial charge in [-0.1, -0.05) is 12.1 Å². The zero-order valence-electron chi connectivity index (χ0n) is 18.4. The Kier molecular flexibility index (Phi) is 6.68. The number of sulfone groups is 1. The summed E-state index contributed by atoms with van der Waals surface area (Å²) >= 11 is 0. The van der Waals surface area contributed by atoms with Crippen molar-refractivity contribution in [1.82, 2.24) is 9.88 Å². The lowest BCUT2D eigenvalue weighted by Crippen LogP contribution is -2.30. The smallest absolute Gasteiger partial charge is 0.249 e. The van der Waals surface area contributed by atoms with Crippen molar-refractivity contribution in [3.8, 4) is 16.9 Å². The van der Waals surface area contributed by atoms with Gasteiger partial charge in [0.1, 0.15) is 6.10 Å². The first-order valence-corrected chi connectivity index (χ1v) is 11.9. The number of halogens is 1. The van der Waals surface area contributed by atoms with Crippen molar-refractivity contribution in [3.05, 3.63) is 59.6 Å². The van der Waals surface area contributed by atoms with Crippen molar-refractivity contribution in [2.45, 2.75) is 37.8 Å². The summed E-state index contributed by atoms with van der Waals surface area (Å²) in [4.78, 5) is 19.0. The maximum Gasteiger partial charge on any atom is 0.249 e. The lowest BCUT2D eigenvalue weighted by molar-refractivity contribution is -0.126. The third kappa shape index (κ3) is 5.34. The van der Waals surface area contributed by atoms with Crippen LogP contribution in [-0.4, -0.2) is 43.6 Å². The quantitative estimate of drug-likeness (QED) is 0.688. The average molecular weight is 460 g/mol. The molecule has 0 saturated carbocycles. The minimum atomic E-state index is -3.45. The fourth-order valence-corrected chi connectivity index (χ4v) is 4.12. The summed E-state index contributed by atoms with van der Waals surface area (Å²) in [6.45, 7) is 3.29. The van der Waals surface area contributed by atoms with Crippen molar-refractivity contribution in [2.24, 2.45) is 0 Å². The van der Waals surface area contributed by atoms with E-state index in [0.29, 0.717) is 22.4 Å². The number of aromatic nitrogens is 1. The van der Waals surface area contributed by atoms with Gasteiger partial charge in [-0.25, -0.2) is 17.8 Å². The Hall–Kier alpha value is -3.20. The van der Waals surface area contributed by atoms with E-state index in [0.717, 1.165) is 11.8 Å². The number of rotatable bonds is 2. The molecule has 1 aromatic carbocycles. The molecule has 0 radical (unpaired) electrons. The Morgan fingerprint density at radius 3 is 2.72 bits per heavy atom. The number of amides is 1. The number of nitrogens with two attached hydrogens (primary N) is 1. The molecule has 2 bridgehead atoms. The summed E-state index contributed by atoms with van der Waals surface area (Å²) in [6, 6.07) is 6.45. The van der Waals surface area contributed by atoms with E-state index in [1.165, 1.54) is 30.0 Å². The first kappa shape index (κ1) is 23.5. The highest BCUT2D eigenvalue weighted by molar-refractivity contribution is 7.90. The number of carbonyl (C=O) groups is 1. The summed E-state index contributed by atoms with van der Waals surface area (Å²) in [5.74, 6) is -0.213. The Morgan fingerprint density at radius 1 is 1.34 bits per heavy atom. The molecular formula is C23H26FN3O4S. The summed E-state index contributed by atoms with van der Waals surface area (Å²) in [5.41, 5.74) is 8.31. The Labute approximate surface area is 187 Å². The van der Waals surface area contributed by atoms with Crippen molar-refractivity contribution < 1.29 is 22.3 Å². The number of fused-ring (bicyclic) bond motifs is 4. The van der Waals surface area contributed by atoms with Gasteiger partial charge in [0.15, 0.2) is 21.4 Å². The number of allylic oxidation sites excluding steroid dienone is 3. The maximum atomic E-state index is 13.3. The molecule has 2 aromatic rings. The van der Waals surface area contributed by atoms with E-state index in [-0.39, 0.29) is 29.6 Å². The summed E-state index contributed by atoms with van der Waals surface area (Å²) in [7, 11) is -1.81. The van der Waals surface area contributed by atoms with E-state index >= 15 is 0 Å². The molecule has 1 amide bonds. The Balaban J connectivity index is 2.21. The van der Waals surface area contributed by atoms with Gasteiger partial charge in [0.2, 0.25) is 5.91 Å². The van der Waals surface area contributed by atoms with E-state index in [9.17, 15) is 17.6 Å². The number of ether oxygens (including phenoxy) is 1. The number of pyridine rings is 1. The van der Waals surface area contributed by atoms with Gasteiger partial charge in [0.05, 0.1) is 10.7 Å². The summed E-state index contributed by atoms with van der Waals surface area (Å²) in [6.07, 6.45) is 5.15. The Bertz CT molecular complexity index is 1220. The van der Waals surface area contributed by atoms with Crippen molar-refractivity contribution in [3.63, 3.8) is 0 Å². The highest BCUT2D eigenvalue weighted by Gasteiger charge is 2.22. The molecule has 0 fully saturated rings. The fourth-order valence-electron chi connectivity index (χ4n) is 3.47.